The molecule has 0 saturated heterocycles. The summed E-state index contributed by atoms with van der Waals surface area (Å²) in [6, 6.07) is 13.4. The average molecular weight is 416 g/mol. The number of esters is 1. The number of amides is 2. The smallest absolute Gasteiger partial charge is 0.308 e. The zero-order chi connectivity index (χ0) is 20.8. The molecule has 2 aromatic carbocycles. The van der Waals surface area contributed by atoms with Crippen LogP contribution in [0.25, 0.3) is 0 Å². The molecule has 0 saturated carbocycles. The van der Waals surface area contributed by atoms with Crippen molar-refractivity contribution in [2.24, 2.45) is 0 Å². The molecule has 0 fully saturated rings. The van der Waals surface area contributed by atoms with E-state index >= 15 is 0 Å². The molecule has 0 aliphatic carbocycles. The van der Waals surface area contributed by atoms with Crippen LogP contribution in [-0.2, 0) is 25.5 Å². The first-order valence-electron chi connectivity index (χ1n) is 9.20. The number of hydrogen-bond donors (Lipinski definition) is 2. The number of benzene rings is 2. The van der Waals surface area contributed by atoms with Crippen LogP contribution in [-0.4, -0.2) is 35.7 Å². The van der Waals surface area contributed by atoms with Crippen LogP contribution in [0.15, 0.2) is 53.4 Å². The van der Waals surface area contributed by atoms with Gasteiger partial charge in [0.05, 0.1) is 17.4 Å². The van der Waals surface area contributed by atoms with Crippen LogP contribution in [0.2, 0.25) is 0 Å². The first-order chi connectivity index (χ1) is 13.9. The van der Waals surface area contributed by atoms with Crippen LogP contribution in [0.5, 0.6) is 0 Å². The van der Waals surface area contributed by atoms with Crippen LogP contribution < -0.4 is 10.6 Å². The number of carbonyl (C=O) groups is 3. The average Bonchev–Trinajstić information content (AvgIpc) is 2.70. The Kier molecular flexibility index (Phi) is 6.87. The fourth-order valence-electron chi connectivity index (χ4n) is 2.80. The second kappa shape index (κ2) is 9.56. The summed E-state index contributed by atoms with van der Waals surface area (Å²) in [5, 5.41) is 4.84. The molecule has 0 unspecified atom stereocenters. The highest BCUT2D eigenvalue weighted by atomic mass is 32.2. The van der Waals surface area contributed by atoms with Gasteiger partial charge in [-0.05, 0) is 43.2 Å². The molecule has 6 nitrogen and oxygen atoms in total. The lowest BCUT2D eigenvalue weighted by Crippen LogP contribution is -2.38. The number of thioether (sulfide) groups is 1. The third-order valence-electron chi connectivity index (χ3n) is 4.36. The van der Waals surface area contributed by atoms with E-state index in [1.165, 1.54) is 30.8 Å². The molecule has 0 aromatic heterocycles. The van der Waals surface area contributed by atoms with E-state index in [9.17, 15) is 18.8 Å². The molecule has 2 amide bonds. The molecule has 2 N–H and O–H groups in total. The second-order valence-corrected chi connectivity index (χ2v) is 7.84. The van der Waals surface area contributed by atoms with Gasteiger partial charge in [0.2, 0.25) is 5.91 Å². The molecule has 152 valence electrons. The number of ether oxygens (including phenoxy) is 1. The molecule has 3 rings (SSSR count). The van der Waals surface area contributed by atoms with Crippen molar-refractivity contribution in [1.82, 2.24) is 5.32 Å². The summed E-state index contributed by atoms with van der Waals surface area (Å²) in [5.41, 5.74) is 1.61. The number of halogens is 1. The molecule has 8 heteroatoms. The Morgan fingerprint density at radius 2 is 1.93 bits per heavy atom. The number of fused-ring (bicyclic) bond motifs is 1. The highest BCUT2D eigenvalue weighted by molar-refractivity contribution is 8.01. The Bertz CT molecular complexity index is 904. The summed E-state index contributed by atoms with van der Waals surface area (Å²) < 4.78 is 18.1. The largest absolute Gasteiger partial charge is 0.453 e. The Hall–Kier alpha value is -2.87. The highest BCUT2D eigenvalue weighted by Crippen LogP contribution is 2.36. The lowest BCUT2D eigenvalue weighted by atomic mass is 10.1. The maximum absolute atomic E-state index is 12.9. The fourth-order valence-corrected chi connectivity index (χ4v) is 3.90. The van der Waals surface area contributed by atoms with Crippen LogP contribution in [0.1, 0.15) is 18.9 Å². The van der Waals surface area contributed by atoms with Crippen LogP contribution in [0.4, 0.5) is 10.1 Å². The van der Waals surface area contributed by atoms with Crippen molar-refractivity contribution in [2.45, 2.75) is 36.0 Å². The summed E-state index contributed by atoms with van der Waals surface area (Å²) >= 11 is 1.30. The monoisotopic (exact) mass is 416 g/mol. The molecular weight excluding hydrogens is 395 g/mol. The van der Waals surface area contributed by atoms with Crippen molar-refractivity contribution in [3.05, 3.63) is 59.9 Å². The summed E-state index contributed by atoms with van der Waals surface area (Å²) in [5.74, 6) is -1.61. The van der Waals surface area contributed by atoms with E-state index in [0.29, 0.717) is 13.0 Å². The van der Waals surface area contributed by atoms with E-state index < -0.39 is 23.2 Å². The van der Waals surface area contributed by atoms with Crippen molar-refractivity contribution >= 4 is 35.2 Å². The van der Waals surface area contributed by atoms with Crippen LogP contribution in [0, 0.1) is 5.82 Å². The number of rotatable bonds is 7. The molecule has 0 radical (unpaired) electrons. The topological polar surface area (TPSA) is 84.5 Å². The first kappa shape index (κ1) is 20.9. The van der Waals surface area contributed by atoms with Gasteiger partial charge in [0.1, 0.15) is 5.82 Å². The molecule has 29 heavy (non-hydrogen) atoms. The van der Waals surface area contributed by atoms with E-state index in [1.54, 1.807) is 18.2 Å². The zero-order valence-electron chi connectivity index (χ0n) is 15.8. The van der Waals surface area contributed by atoms with Gasteiger partial charge in [0.25, 0.3) is 5.91 Å². The van der Waals surface area contributed by atoms with Gasteiger partial charge in [-0.3, -0.25) is 14.4 Å². The zero-order valence-corrected chi connectivity index (χ0v) is 16.6. The van der Waals surface area contributed by atoms with E-state index in [-0.39, 0.29) is 18.1 Å². The van der Waals surface area contributed by atoms with Gasteiger partial charge in [0.15, 0.2) is 6.10 Å². The van der Waals surface area contributed by atoms with Gasteiger partial charge in [-0.15, -0.1) is 11.8 Å². The van der Waals surface area contributed by atoms with Crippen molar-refractivity contribution in [2.75, 3.05) is 11.9 Å². The molecule has 0 spiro atoms. The Morgan fingerprint density at radius 1 is 1.21 bits per heavy atom. The third-order valence-corrected chi connectivity index (χ3v) is 5.64. The number of carbonyl (C=O) groups excluding carboxylic acids is 3. The van der Waals surface area contributed by atoms with Crippen molar-refractivity contribution in [3.8, 4) is 0 Å². The first-order valence-corrected chi connectivity index (χ1v) is 10.1. The number of hydrogen-bond acceptors (Lipinski definition) is 5. The van der Waals surface area contributed by atoms with E-state index in [0.717, 1.165) is 16.1 Å². The molecule has 0 bridgehead atoms. The minimum atomic E-state index is -0.973. The number of nitrogens with one attached hydrogen (secondary N) is 2. The molecular formula is C21H21FN2O4S. The van der Waals surface area contributed by atoms with Crippen molar-refractivity contribution in [1.29, 1.82) is 0 Å². The molecule has 2 aromatic rings. The summed E-state index contributed by atoms with van der Waals surface area (Å²) in [4.78, 5) is 37.3. The van der Waals surface area contributed by atoms with Gasteiger partial charge in [-0.1, -0.05) is 24.3 Å². The minimum absolute atomic E-state index is 0.127. The van der Waals surface area contributed by atoms with Crippen LogP contribution >= 0.6 is 11.8 Å². The molecule has 1 heterocycles. The Morgan fingerprint density at radius 3 is 2.69 bits per heavy atom. The Balaban J connectivity index is 1.43. The quantitative estimate of drug-likeness (QED) is 0.678. The number of para-hydroxylation sites is 1. The van der Waals surface area contributed by atoms with Crippen LogP contribution in [0.3, 0.4) is 0 Å². The standard InChI is InChI=1S/C21H21FN2O4S/c1-13(20(26)23-11-10-14-6-8-15(22)9-7-14)28-19(25)12-18-21(27)24-16-4-2-3-5-17(16)29-18/h2-9,13,18H,10-12H2,1H3,(H,23,26)(H,24,27)/t13-,18-/m1/s1. The lowest BCUT2D eigenvalue weighted by Gasteiger charge is -2.23. The molecule has 1 aliphatic rings. The van der Waals surface area contributed by atoms with Gasteiger partial charge in [-0.25, -0.2) is 4.39 Å². The van der Waals surface area contributed by atoms with Crippen molar-refractivity contribution in [3.63, 3.8) is 0 Å². The summed E-state index contributed by atoms with van der Waals surface area (Å²) in [6.45, 7) is 1.82. The predicted molar refractivity (Wildman–Crippen MR) is 108 cm³/mol. The third kappa shape index (κ3) is 5.80. The van der Waals surface area contributed by atoms with E-state index in [2.05, 4.69) is 10.6 Å². The fraction of sp³-hybridized carbons (Fsp3) is 0.286. The van der Waals surface area contributed by atoms with Crippen molar-refractivity contribution < 1.29 is 23.5 Å². The van der Waals surface area contributed by atoms with Gasteiger partial charge < -0.3 is 15.4 Å². The lowest BCUT2D eigenvalue weighted by molar-refractivity contribution is -0.155. The maximum atomic E-state index is 12.9. The van der Waals surface area contributed by atoms with E-state index in [1.807, 2.05) is 18.2 Å². The second-order valence-electron chi connectivity index (χ2n) is 6.60. The summed E-state index contributed by atoms with van der Waals surface area (Å²) in [6.07, 6.45) is -0.567. The van der Waals surface area contributed by atoms with Gasteiger partial charge in [-0.2, -0.15) is 0 Å². The SMILES string of the molecule is C[C@@H](OC(=O)C[C@H]1Sc2ccccc2NC1=O)C(=O)NCCc1ccc(F)cc1. The summed E-state index contributed by atoms with van der Waals surface area (Å²) in [7, 11) is 0. The normalized spacial score (nSPS) is 16.3. The van der Waals surface area contributed by atoms with E-state index in [4.69, 9.17) is 4.74 Å². The van der Waals surface area contributed by atoms with Gasteiger partial charge >= 0.3 is 5.97 Å². The highest BCUT2D eigenvalue weighted by Gasteiger charge is 2.30. The minimum Gasteiger partial charge on any atom is -0.453 e. The predicted octanol–water partition coefficient (Wildman–Crippen LogP) is 2.92. The number of anilines is 1. The maximum Gasteiger partial charge on any atom is 0.308 e. The van der Waals surface area contributed by atoms with Gasteiger partial charge in [0, 0.05) is 11.4 Å². The molecule has 2 atom stereocenters. The molecule has 1 aliphatic heterocycles. The Labute approximate surface area is 172 Å².